The number of halogens is 1. The summed E-state index contributed by atoms with van der Waals surface area (Å²) in [5.41, 5.74) is 4.54. The molecule has 2 aliphatic rings. The number of Topliss-reactive ketones (excluding diaryl/α,β-unsaturated/α-hetero) is 1. The SMILES string of the molecule is C=NCc1ccc(C2CC2)c(C(=O)C2CCC(c3ccnc4ccc(F)cc34)CC2)n1. The second-order valence-electron chi connectivity index (χ2n) is 8.87. The average Bonchev–Trinajstić information content (AvgIpc) is 3.64. The van der Waals surface area contributed by atoms with Crippen LogP contribution in [0.25, 0.3) is 10.9 Å². The molecule has 2 heterocycles. The van der Waals surface area contributed by atoms with Crippen LogP contribution in [0.15, 0.2) is 47.6 Å². The highest BCUT2D eigenvalue weighted by Gasteiger charge is 2.34. The van der Waals surface area contributed by atoms with E-state index in [9.17, 15) is 9.18 Å². The Labute approximate surface area is 181 Å². The molecule has 0 amide bonds. The third kappa shape index (κ3) is 4.01. The minimum Gasteiger partial charge on any atom is -0.295 e. The maximum Gasteiger partial charge on any atom is 0.184 e. The van der Waals surface area contributed by atoms with Crippen molar-refractivity contribution in [2.75, 3.05) is 0 Å². The van der Waals surface area contributed by atoms with Crippen molar-refractivity contribution in [2.24, 2.45) is 10.9 Å². The lowest BCUT2D eigenvalue weighted by molar-refractivity contribution is 0.0877. The molecular weight excluding hydrogens is 389 g/mol. The molecule has 5 heteroatoms. The Morgan fingerprint density at radius 2 is 1.74 bits per heavy atom. The molecule has 4 nitrogen and oxygen atoms in total. The van der Waals surface area contributed by atoms with Gasteiger partial charge in [0.05, 0.1) is 17.8 Å². The maximum atomic E-state index is 13.8. The number of aromatic nitrogens is 2. The van der Waals surface area contributed by atoms with Gasteiger partial charge in [0.25, 0.3) is 0 Å². The molecule has 2 fully saturated rings. The van der Waals surface area contributed by atoms with E-state index in [-0.39, 0.29) is 17.5 Å². The first kappa shape index (κ1) is 20.0. The van der Waals surface area contributed by atoms with Crippen molar-refractivity contribution < 1.29 is 9.18 Å². The van der Waals surface area contributed by atoms with Gasteiger partial charge in [-0.1, -0.05) is 6.07 Å². The van der Waals surface area contributed by atoms with Gasteiger partial charge in [-0.25, -0.2) is 9.37 Å². The number of fused-ring (bicyclic) bond motifs is 1. The lowest BCUT2D eigenvalue weighted by Gasteiger charge is -2.29. The van der Waals surface area contributed by atoms with Crippen molar-refractivity contribution in [2.45, 2.75) is 56.9 Å². The topological polar surface area (TPSA) is 55.2 Å². The number of aliphatic imine (C=N–C) groups is 1. The Bertz CT molecular complexity index is 1150. The molecule has 158 valence electrons. The summed E-state index contributed by atoms with van der Waals surface area (Å²) in [5, 5.41) is 0.889. The number of rotatable bonds is 6. The Kier molecular flexibility index (Phi) is 5.34. The number of carbonyl (C=O) groups is 1. The molecule has 0 N–H and O–H groups in total. The number of pyridine rings is 2. The van der Waals surface area contributed by atoms with Crippen molar-refractivity contribution in [1.82, 2.24) is 9.97 Å². The zero-order valence-electron chi connectivity index (χ0n) is 17.6. The van der Waals surface area contributed by atoms with Gasteiger partial charge in [-0.3, -0.25) is 14.8 Å². The second-order valence-corrected chi connectivity index (χ2v) is 8.87. The van der Waals surface area contributed by atoms with E-state index in [1.165, 1.54) is 6.07 Å². The zero-order chi connectivity index (χ0) is 21.4. The van der Waals surface area contributed by atoms with Crippen LogP contribution in [0.5, 0.6) is 0 Å². The van der Waals surface area contributed by atoms with E-state index in [1.54, 1.807) is 18.3 Å². The molecule has 0 atom stereocenters. The van der Waals surface area contributed by atoms with Gasteiger partial charge in [0, 0.05) is 17.5 Å². The quantitative estimate of drug-likeness (QED) is 0.366. The molecule has 2 saturated carbocycles. The summed E-state index contributed by atoms with van der Waals surface area (Å²) < 4.78 is 13.8. The fraction of sp³-hybridized carbons (Fsp3) is 0.385. The van der Waals surface area contributed by atoms with Crippen molar-refractivity contribution in [1.29, 1.82) is 0 Å². The van der Waals surface area contributed by atoms with E-state index >= 15 is 0 Å². The molecule has 0 spiro atoms. The van der Waals surface area contributed by atoms with Gasteiger partial charge < -0.3 is 0 Å². The highest BCUT2D eigenvalue weighted by atomic mass is 19.1. The number of carbonyl (C=O) groups excluding carboxylic acids is 1. The number of benzene rings is 1. The fourth-order valence-corrected chi connectivity index (χ4v) is 4.99. The first-order valence-corrected chi connectivity index (χ1v) is 11.1. The molecule has 2 aliphatic carbocycles. The summed E-state index contributed by atoms with van der Waals surface area (Å²) >= 11 is 0. The molecule has 3 aromatic rings. The van der Waals surface area contributed by atoms with Gasteiger partial charge >= 0.3 is 0 Å². The molecular formula is C26H26FN3O. The van der Waals surface area contributed by atoms with E-state index in [4.69, 9.17) is 4.98 Å². The van der Waals surface area contributed by atoms with Crippen LogP contribution in [-0.4, -0.2) is 22.5 Å². The van der Waals surface area contributed by atoms with E-state index < -0.39 is 0 Å². The summed E-state index contributed by atoms with van der Waals surface area (Å²) in [4.78, 5) is 26.4. The minimum absolute atomic E-state index is 0.00183. The summed E-state index contributed by atoms with van der Waals surface area (Å²) in [6.45, 7) is 3.99. The van der Waals surface area contributed by atoms with Crippen LogP contribution in [0.2, 0.25) is 0 Å². The third-order valence-electron chi connectivity index (χ3n) is 6.78. The molecule has 0 radical (unpaired) electrons. The largest absolute Gasteiger partial charge is 0.295 e. The summed E-state index contributed by atoms with van der Waals surface area (Å²) in [6.07, 6.45) is 7.57. The molecule has 0 saturated heterocycles. The van der Waals surface area contributed by atoms with Crippen LogP contribution in [0, 0.1) is 11.7 Å². The van der Waals surface area contributed by atoms with Gasteiger partial charge in [0.2, 0.25) is 0 Å². The summed E-state index contributed by atoms with van der Waals surface area (Å²) in [6, 6.07) is 10.8. The summed E-state index contributed by atoms with van der Waals surface area (Å²) in [5.74, 6) is 0.739. The number of nitrogens with zero attached hydrogens (tertiary/aromatic N) is 3. The second kappa shape index (κ2) is 8.29. The zero-order valence-corrected chi connectivity index (χ0v) is 17.6. The van der Waals surface area contributed by atoms with Gasteiger partial charge in [0.15, 0.2) is 5.78 Å². The first-order valence-electron chi connectivity index (χ1n) is 11.1. The van der Waals surface area contributed by atoms with Crippen LogP contribution in [0.4, 0.5) is 4.39 Å². The van der Waals surface area contributed by atoms with Crippen molar-refractivity contribution >= 4 is 23.4 Å². The molecule has 0 unspecified atom stereocenters. The Morgan fingerprint density at radius 3 is 2.48 bits per heavy atom. The van der Waals surface area contributed by atoms with E-state index in [0.29, 0.717) is 24.1 Å². The van der Waals surface area contributed by atoms with Gasteiger partial charge in [0.1, 0.15) is 11.5 Å². The normalized spacial score (nSPS) is 21.2. The number of hydrogen-bond donors (Lipinski definition) is 0. The average molecular weight is 416 g/mol. The van der Waals surface area contributed by atoms with Crippen LogP contribution < -0.4 is 0 Å². The van der Waals surface area contributed by atoms with Crippen LogP contribution in [-0.2, 0) is 6.54 Å². The van der Waals surface area contributed by atoms with Crippen molar-refractivity contribution in [3.05, 3.63) is 70.9 Å². The van der Waals surface area contributed by atoms with E-state index in [0.717, 1.165) is 66.2 Å². The molecule has 0 aliphatic heterocycles. The van der Waals surface area contributed by atoms with E-state index in [2.05, 4.69) is 22.8 Å². The van der Waals surface area contributed by atoms with Crippen LogP contribution in [0.1, 0.15) is 77.7 Å². The summed E-state index contributed by atoms with van der Waals surface area (Å²) in [7, 11) is 0. The fourth-order valence-electron chi connectivity index (χ4n) is 4.99. The van der Waals surface area contributed by atoms with E-state index in [1.807, 2.05) is 12.1 Å². The molecule has 5 rings (SSSR count). The lowest BCUT2D eigenvalue weighted by atomic mass is 9.75. The highest BCUT2D eigenvalue weighted by Crippen LogP contribution is 2.44. The van der Waals surface area contributed by atoms with Crippen molar-refractivity contribution in [3.8, 4) is 0 Å². The third-order valence-corrected chi connectivity index (χ3v) is 6.78. The number of hydrogen-bond acceptors (Lipinski definition) is 4. The predicted octanol–water partition coefficient (Wildman–Crippen LogP) is 6.00. The smallest absolute Gasteiger partial charge is 0.184 e. The monoisotopic (exact) mass is 415 g/mol. The molecule has 31 heavy (non-hydrogen) atoms. The highest BCUT2D eigenvalue weighted by molar-refractivity contribution is 5.97. The lowest BCUT2D eigenvalue weighted by Crippen LogP contribution is -2.23. The minimum atomic E-state index is -0.238. The predicted molar refractivity (Wildman–Crippen MR) is 120 cm³/mol. The Balaban J connectivity index is 1.36. The number of ketones is 1. The van der Waals surface area contributed by atoms with Gasteiger partial charge in [-0.2, -0.15) is 0 Å². The van der Waals surface area contributed by atoms with Gasteiger partial charge in [-0.05, 0) is 98.5 Å². The molecule has 0 bridgehead atoms. The van der Waals surface area contributed by atoms with Crippen LogP contribution >= 0.6 is 0 Å². The Morgan fingerprint density at radius 1 is 1.00 bits per heavy atom. The molecule has 1 aromatic carbocycles. The van der Waals surface area contributed by atoms with Crippen LogP contribution in [0.3, 0.4) is 0 Å². The maximum absolute atomic E-state index is 13.8. The molecule has 2 aromatic heterocycles. The first-order chi connectivity index (χ1) is 15.1. The standard InChI is InChI=1S/C26H26FN3O/c1-28-15-20-9-10-22(17-2-3-17)25(30-20)26(31)18-6-4-16(5-7-18)21-12-13-29-24-11-8-19(27)14-23(21)24/h8-14,16-18H,1-7,15H2. The van der Waals surface area contributed by atoms with Crippen molar-refractivity contribution in [3.63, 3.8) is 0 Å². The van der Waals surface area contributed by atoms with Gasteiger partial charge in [-0.15, -0.1) is 0 Å². The Hall–Kier alpha value is -2.95.